The highest BCUT2D eigenvalue weighted by Gasteiger charge is 2.29. The third-order valence-corrected chi connectivity index (χ3v) is 3.79. The van der Waals surface area contributed by atoms with Crippen LogP contribution >= 0.6 is 24.0 Å². The number of benzene rings is 1. The molecule has 0 radical (unpaired) electrons. The molecule has 1 aromatic rings. The van der Waals surface area contributed by atoms with Gasteiger partial charge >= 0.3 is 6.18 Å². The van der Waals surface area contributed by atoms with Crippen LogP contribution in [0.1, 0.15) is 19.3 Å². The zero-order valence-electron chi connectivity index (χ0n) is 12.8. The molecule has 1 aliphatic heterocycles. The van der Waals surface area contributed by atoms with Gasteiger partial charge in [0.05, 0.1) is 5.69 Å². The Morgan fingerprint density at radius 1 is 1.42 bits per heavy atom. The molecule has 1 aliphatic rings. The summed E-state index contributed by atoms with van der Waals surface area (Å²) in [6.07, 6.45) is -2.37. The van der Waals surface area contributed by atoms with Gasteiger partial charge in [-0.2, -0.15) is 13.2 Å². The molecule has 9 heteroatoms. The van der Waals surface area contributed by atoms with Crippen LogP contribution in [0.2, 0.25) is 5.02 Å². The average Bonchev–Trinajstić information content (AvgIpc) is 2.98. The van der Waals surface area contributed by atoms with E-state index >= 15 is 0 Å². The smallest absolute Gasteiger partial charge is 0.422 e. The number of rotatable bonds is 6. The van der Waals surface area contributed by atoms with Crippen LogP contribution in [0.3, 0.4) is 0 Å². The highest BCUT2D eigenvalue weighted by Crippen LogP contribution is 2.30. The number of nitrogens with one attached hydrogen (secondary N) is 2. The average molecular weight is 387 g/mol. The zero-order valence-corrected chi connectivity index (χ0v) is 14.4. The number of carbonyl (C=O) groups excluding carboxylic acids is 1. The molecule has 2 N–H and O–H groups in total. The lowest BCUT2D eigenvalue weighted by Crippen LogP contribution is -2.20. The molecule has 0 aromatic heterocycles. The van der Waals surface area contributed by atoms with Crippen LogP contribution in [0.5, 0.6) is 5.75 Å². The third kappa shape index (κ3) is 7.15. The van der Waals surface area contributed by atoms with Crippen molar-refractivity contribution >= 4 is 35.6 Å². The van der Waals surface area contributed by atoms with Gasteiger partial charge in [-0.1, -0.05) is 11.6 Å². The largest absolute Gasteiger partial charge is 0.482 e. The lowest BCUT2D eigenvalue weighted by atomic mass is 10.0. The van der Waals surface area contributed by atoms with Crippen molar-refractivity contribution in [1.29, 1.82) is 0 Å². The van der Waals surface area contributed by atoms with E-state index in [0.717, 1.165) is 25.9 Å². The molecule has 1 atom stereocenters. The summed E-state index contributed by atoms with van der Waals surface area (Å²) in [4.78, 5) is 12.0. The molecule has 0 bridgehead atoms. The van der Waals surface area contributed by atoms with Crippen LogP contribution in [-0.4, -0.2) is 31.8 Å². The van der Waals surface area contributed by atoms with E-state index in [9.17, 15) is 18.0 Å². The molecule has 1 saturated heterocycles. The van der Waals surface area contributed by atoms with E-state index in [4.69, 9.17) is 16.3 Å². The Kier molecular flexibility index (Phi) is 8.12. The number of alkyl halides is 3. The normalized spacial score (nSPS) is 17.2. The molecular weight excluding hydrogens is 368 g/mol. The van der Waals surface area contributed by atoms with Crippen LogP contribution in [0.25, 0.3) is 0 Å². The topological polar surface area (TPSA) is 50.4 Å². The number of anilines is 1. The lowest BCUT2D eigenvalue weighted by Gasteiger charge is -2.15. The van der Waals surface area contributed by atoms with Crippen molar-refractivity contribution in [2.75, 3.05) is 25.0 Å². The van der Waals surface area contributed by atoms with Crippen molar-refractivity contribution in [3.05, 3.63) is 23.2 Å². The summed E-state index contributed by atoms with van der Waals surface area (Å²) >= 11 is 5.77. The molecule has 136 valence electrons. The molecule has 1 fully saturated rings. The van der Waals surface area contributed by atoms with Crippen LogP contribution < -0.4 is 15.4 Å². The number of hydrogen-bond acceptors (Lipinski definition) is 3. The van der Waals surface area contributed by atoms with Gasteiger partial charge in [-0.15, -0.1) is 12.4 Å². The van der Waals surface area contributed by atoms with Crippen molar-refractivity contribution in [3.63, 3.8) is 0 Å². The first-order valence-corrected chi connectivity index (χ1v) is 7.71. The van der Waals surface area contributed by atoms with Crippen LogP contribution in [0.15, 0.2) is 18.2 Å². The second-order valence-corrected chi connectivity index (χ2v) is 5.93. The lowest BCUT2D eigenvalue weighted by molar-refractivity contribution is -0.153. The fourth-order valence-corrected chi connectivity index (χ4v) is 2.55. The van der Waals surface area contributed by atoms with Gasteiger partial charge < -0.3 is 15.4 Å². The minimum absolute atomic E-state index is 0. The number of carbonyl (C=O) groups is 1. The summed E-state index contributed by atoms with van der Waals surface area (Å²) in [6.45, 7) is 0.414. The SMILES string of the molecule is Cl.O=C(CCC1CCNC1)Nc1ccc(Cl)cc1OCC(F)(F)F. The van der Waals surface area contributed by atoms with E-state index in [1.54, 1.807) is 0 Å². The van der Waals surface area contributed by atoms with Crippen LogP contribution in [0, 0.1) is 5.92 Å². The van der Waals surface area contributed by atoms with Gasteiger partial charge in [0.25, 0.3) is 0 Å². The molecule has 1 amide bonds. The highest BCUT2D eigenvalue weighted by atomic mass is 35.5. The Hall–Kier alpha value is -1.18. The van der Waals surface area contributed by atoms with Gasteiger partial charge in [-0.25, -0.2) is 0 Å². The first-order valence-electron chi connectivity index (χ1n) is 7.33. The Balaban J connectivity index is 0.00000288. The minimum atomic E-state index is -4.46. The Bertz CT molecular complexity index is 550. The monoisotopic (exact) mass is 386 g/mol. The molecule has 1 heterocycles. The van der Waals surface area contributed by atoms with Gasteiger partial charge in [0, 0.05) is 17.5 Å². The highest BCUT2D eigenvalue weighted by molar-refractivity contribution is 6.30. The number of hydrogen-bond donors (Lipinski definition) is 2. The molecule has 24 heavy (non-hydrogen) atoms. The number of halogens is 5. The predicted molar refractivity (Wildman–Crippen MR) is 89.1 cm³/mol. The van der Waals surface area contributed by atoms with E-state index in [1.165, 1.54) is 18.2 Å². The maximum Gasteiger partial charge on any atom is 0.422 e. The summed E-state index contributed by atoms with van der Waals surface area (Å²) in [7, 11) is 0. The van der Waals surface area contributed by atoms with E-state index in [1.807, 2.05) is 0 Å². The fourth-order valence-electron chi connectivity index (χ4n) is 2.39. The maximum atomic E-state index is 12.3. The summed E-state index contributed by atoms with van der Waals surface area (Å²) in [5, 5.41) is 6.04. The maximum absolute atomic E-state index is 12.3. The quantitative estimate of drug-likeness (QED) is 0.775. The molecule has 0 saturated carbocycles. The van der Waals surface area contributed by atoms with Crippen molar-refractivity contribution in [2.24, 2.45) is 5.92 Å². The Labute approximate surface area is 149 Å². The molecule has 2 rings (SSSR count). The predicted octanol–water partition coefficient (Wildman–Crippen LogP) is 4.03. The van der Waals surface area contributed by atoms with Gasteiger partial charge in [0.2, 0.25) is 5.91 Å². The van der Waals surface area contributed by atoms with Crippen molar-refractivity contribution in [2.45, 2.75) is 25.4 Å². The fraction of sp³-hybridized carbons (Fsp3) is 0.533. The second kappa shape index (κ2) is 9.34. The molecule has 0 spiro atoms. The van der Waals surface area contributed by atoms with E-state index in [-0.39, 0.29) is 34.8 Å². The third-order valence-electron chi connectivity index (χ3n) is 3.55. The summed E-state index contributed by atoms with van der Waals surface area (Å²) in [5.41, 5.74) is 0.188. The first-order chi connectivity index (χ1) is 10.8. The van der Waals surface area contributed by atoms with Crippen molar-refractivity contribution in [1.82, 2.24) is 5.32 Å². The Morgan fingerprint density at radius 3 is 2.79 bits per heavy atom. The Morgan fingerprint density at radius 2 is 2.17 bits per heavy atom. The van der Waals surface area contributed by atoms with Gasteiger partial charge in [-0.3, -0.25) is 4.79 Å². The molecule has 1 unspecified atom stereocenters. The second-order valence-electron chi connectivity index (χ2n) is 5.49. The summed E-state index contributed by atoms with van der Waals surface area (Å²) < 4.78 is 41.6. The molecule has 0 aliphatic carbocycles. The van der Waals surface area contributed by atoms with E-state index in [2.05, 4.69) is 10.6 Å². The van der Waals surface area contributed by atoms with Crippen molar-refractivity contribution in [3.8, 4) is 5.75 Å². The van der Waals surface area contributed by atoms with E-state index < -0.39 is 12.8 Å². The molecule has 4 nitrogen and oxygen atoms in total. The van der Waals surface area contributed by atoms with E-state index in [0.29, 0.717) is 12.3 Å². The number of ether oxygens (including phenoxy) is 1. The molecular formula is C15H19Cl2F3N2O2. The number of amides is 1. The van der Waals surface area contributed by atoms with Crippen LogP contribution in [-0.2, 0) is 4.79 Å². The van der Waals surface area contributed by atoms with Gasteiger partial charge in [0.1, 0.15) is 5.75 Å². The van der Waals surface area contributed by atoms with Gasteiger partial charge in [-0.05, 0) is 44.0 Å². The zero-order chi connectivity index (χ0) is 16.9. The van der Waals surface area contributed by atoms with Crippen LogP contribution in [0.4, 0.5) is 18.9 Å². The summed E-state index contributed by atoms with van der Waals surface area (Å²) in [5.74, 6) is 0.119. The van der Waals surface area contributed by atoms with Gasteiger partial charge in [0.15, 0.2) is 6.61 Å². The standard InChI is InChI=1S/C15H18ClF3N2O2.ClH/c16-11-2-3-12(13(7-11)23-9-15(17,18)19)21-14(22)4-1-10-5-6-20-8-10;/h2-3,7,10,20H,1,4-6,8-9H2,(H,21,22);1H. The minimum Gasteiger partial charge on any atom is -0.482 e. The first kappa shape index (κ1) is 20.9. The van der Waals surface area contributed by atoms with Crippen molar-refractivity contribution < 1.29 is 22.7 Å². The molecule has 1 aromatic carbocycles. The summed E-state index contributed by atoms with van der Waals surface area (Å²) in [6, 6.07) is 4.17.